The fourth-order valence-corrected chi connectivity index (χ4v) is 5.56. The molecule has 0 saturated carbocycles. The highest BCUT2D eigenvalue weighted by atomic mass is 32.2. The first-order chi connectivity index (χ1) is 19.6. The summed E-state index contributed by atoms with van der Waals surface area (Å²) >= 11 is 0. The number of nitrogens with one attached hydrogen (secondary N) is 3. The summed E-state index contributed by atoms with van der Waals surface area (Å²) in [6.07, 6.45) is 1.93. The van der Waals surface area contributed by atoms with E-state index in [0.29, 0.717) is 17.5 Å². The van der Waals surface area contributed by atoms with Gasteiger partial charge in [0, 0.05) is 25.3 Å². The number of amides is 4. The Kier molecular flexibility index (Phi) is 9.30. The smallest absolute Gasteiger partial charge is 0.265 e. The van der Waals surface area contributed by atoms with Crippen LogP contribution in [0.1, 0.15) is 28.7 Å². The van der Waals surface area contributed by atoms with Crippen LogP contribution in [0.2, 0.25) is 0 Å². The van der Waals surface area contributed by atoms with E-state index < -0.39 is 39.8 Å². The van der Waals surface area contributed by atoms with Gasteiger partial charge < -0.3 is 16.4 Å². The van der Waals surface area contributed by atoms with Gasteiger partial charge in [-0.1, -0.05) is 84.9 Å². The number of hydrogen-bond acceptors (Lipinski definition) is 6. The van der Waals surface area contributed by atoms with Crippen molar-refractivity contribution >= 4 is 38.6 Å². The van der Waals surface area contributed by atoms with E-state index in [1.54, 1.807) is 12.1 Å². The fraction of sp³-hybridized carbons (Fsp3) is 0.200. The lowest BCUT2D eigenvalue weighted by atomic mass is 10.0. The first-order valence-electron chi connectivity index (χ1n) is 13.0. The lowest BCUT2D eigenvalue weighted by Gasteiger charge is -2.22. The normalized spacial score (nSPS) is 15.2. The van der Waals surface area contributed by atoms with E-state index in [1.807, 2.05) is 65.4 Å². The highest BCUT2D eigenvalue weighted by molar-refractivity contribution is 7.99. The molecule has 4 amide bonds. The van der Waals surface area contributed by atoms with Gasteiger partial charge in [0.05, 0.1) is 0 Å². The second-order valence-electron chi connectivity index (χ2n) is 9.64. The molecule has 0 unspecified atom stereocenters. The third kappa shape index (κ3) is 8.12. The van der Waals surface area contributed by atoms with E-state index in [9.17, 15) is 27.6 Å². The third-order valence-electron chi connectivity index (χ3n) is 6.54. The van der Waals surface area contributed by atoms with Crippen molar-refractivity contribution in [2.75, 3.05) is 0 Å². The first kappa shape index (κ1) is 29.2. The Morgan fingerprint density at radius 3 is 1.88 bits per heavy atom. The number of hydrogen-bond donors (Lipinski definition) is 4. The summed E-state index contributed by atoms with van der Waals surface area (Å²) in [5.74, 6) is -2.36. The van der Waals surface area contributed by atoms with Gasteiger partial charge in [-0.25, -0.2) is 13.1 Å². The van der Waals surface area contributed by atoms with Gasteiger partial charge in [0.25, 0.3) is 15.9 Å². The molecule has 3 aromatic rings. The topological polar surface area (TPSA) is 165 Å². The van der Waals surface area contributed by atoms with Crippen molar-refractivity contribution in [3.63, 3.8) is 0 Å². The maximum absolute atomic E-state index is 13.3. The Morgan fingerprint density at radius 1 is 0.756 bits per heavy atom. The Morgan fingerprint density at radius 2 is 1.32 bits per heavy atom. The summed E-state index contributed by atoms with van der Waals surface area (Å²) < 4.78 is 26.1. The van der Waals surface area contributed by atoms with Crippen LogP contribution in [-0.4, -0.2) is 44.1 Å². The van der Waals surface area contributed by atoms with Crippen molar-refractivity contribution in [1.82, 2.24) is 15.4 Å². The number of carbonyl (C=O) groups excluding carboxylic acids is 4. The van der Waals surface area contributed by atoms with Crippen molar-refractivity contribution in [3.8, 4) is 0 Å². The lowest BCUT2D eigenvalue weighted by molar-refractivity contribution is -0.131. The standard InChI is InChI=1S/C30H30N4O6S/c31-29(37)24(17-22-11-14-23(15-12-22)26-19-28(36)34-41(26,39)40)33-30(38)25(18-21-9-5-2-6-10-21)32-27(35)16-13-20-7-3-1-4-8-20/h1-12,14-15,19,24-25H,13,16-18H2,(H2,31,37)(H,32,35)(H,33,38)(H,34,36)/t24-,25-/m0/s1. The van der Waals surface area contributed by atoms with E-state index in [-0.39, 0.29) is 30.1 Å². The molecule has 4 rings (SSSR count). The van der Waals surface area contributed by atoms with Crippen LogP contribution in [0.3, 0.4) is 0 Å². The molecule has 0 aliphatic carbocycles. The van der Waals surface area contributed by atoms with E-state index in [4.69, 9.17) is 5.73 Å². The Labute approximate surface area is 238 Å². The summed E-state index contributed by atoms with van der Waals surface area (Å²) in [5.41, 5.74) is 8.32. The van der Waals surface area contributed by atoms with Crippen LogP contribution in [0, 0.1) is 0 Å². The van der Waals surface area contributed by atoms with Crippen LogP contribution in [0.15, 0.2) is 91.0 Å². The van der Waals surface area contributed by atoms with Crippen LogP contribution in [0.25, 0.3) is 4.91 Å². The largest absolute Gasteiger partial charge is 0.368 e. The summed E-state index contributed by atoms with van der Waals surface area (Å²) in [7, 11) is -3.92. The predicted octanol–water partition coefficient (Wildman–Crippen LogP) is 1.36. The summed E-state index contributed by atoms with van der Waals surface area (Å²) in [4.78, 5) is 49.7. The zero-order chi connectivity index (χ0) is 29.4. The number of nitrogens with two attached hydrogens (primary N) is 1. The molecule has 0 spiro atoms. The number of sulfonamides is 1. The summed E-state index contributed by atoms with van der Waals surface area (Å²) in [6, 6.07) is 22.8. The molecule has 11 heteroatoms. The van der Waals surface area contributed by atoms with Crippen molar-refractivity contribution in [1.29, 1.82) is 0 Å². The molecular formula is C30H30N4O6S. The van der Waals surface area contributed by atoms with Gasteiger partial charge in [-0.05, 0) is 28.7 Å². The van der Waals surface area contributed by atoms with E-state index in [1.165, 1.54) is 12.1 Å². The molecule has 0 aromatic heterocycles. The van der Waals surface area contributed by atoms with E-state index in [2.05, 4.69) is 10.6 Å². The minimum Gasteiger partial charge on any atom is -0.368 e. The van der Waals surface area contributed by atoms with Crippen LogP contribution >= 0.6 is 0 Å². The van der Waals surface area contributed by atoms with Crippen LogP contribution in [0.4, 0.5) is 0 Å². The molecule has 0 bridgehead atoms. The molecule has 212 valence electrons. The van der Waals surface area contributed by atoms with Gasteiger partial charge in [-0.15, -0.1) is 0 Å². The molecule has 1 aliphatic heterocycles. The molecular weight excluding hydrogens is 544 g/mol. The second kappa shape index (κ2) is 13.1. The number of benzene rings is 3. The van der Waals surface area contributed by atoms with Crippen LogP contribution in [-0.2, 0) is 48.5 Å². The van der Waals surface area contributed by atoms with Crippen LogP contribution in [0.5, 0.6) is 0 Å². The van der Waals surface area contributed by atoms with Crippen molar-refractivity contribution in [2.45, 2.75) is 37.8 Å². The lowest BCUT2D eigenvalue weighted by Crippen LogP contribution is -2.54. The van der Waals surface area contributed by atoms with Crippen molar-refractivity contribution < 1.29 is 27.6 Å². The highest BCUT2D eigenvalue weighted by Gasteiger charge is 2.29. The molecule has 0 fully saturated rings. The molecule has 1 aliphatic rings. The summed E-state index contributed by atoms with van der Waals surface area (Å²) in [6.45, 7) is 0. The SMILES string of the molecule is NC(=O)[C@H](Cc1ccc(C2=CC(=O)NS2(=O)=O)cc1)NC(=O)[C@H](Cc1ccccc1)NC(=O)CCc1ccccc1. The molecule has 10 nitrogen and oxygen atoms in total. The van der Waals surface area contributed by atoms with Gasteiger partial charge in [-0.2, -0.15) is 0 Å². The van der Waals surface area contributed by atoms with Crippen molar-refractivity contribution in [2.24, 2.45) is 5.73 Å². The Hall–Kier alpha value is -4.77. The average molecular weight is 575 g/mol. The predicted molar refractivity (Wildman–Crippen MR) is 153 cm³/mol. The maximum Gasteiger partial charge on any atom is 0.265 e. The minimum absolute atomic E-state index is 0.0321. The molecule has 1 heterocycles. The number of aryl methyl sites for hydroxylation is 1. The monoisotopic (exact) mass is 574 g/mol. The highest BCUT2D eigenvalue weighted by Crippen LogP contribution is 2.24. The molecule has 0 radical (unpaired) electrons. The average Bonchev–Trinajstić information content (AvgIpc) is 3.24. The minimum atomic E-state index is -3.92. The Balaban J connectivity index is 1.44. The van der Waals surface area contributed by atoms with Gasteiger partial charge >= 0.3 is 0 Å². The van der Waals surface area contributed by atoms with Gasteiger partial charge in [-0.3, -0.25) is 19.2 Å². The van der Waals surface area contributed by atoms with Crippen LogP contribution < -0.4 is 21.1 Å². The van der Waals surface area contributed by atoms with Gasteiger partial charge in [0.2, 0.25) is 17.7 Å². The van der Waals surface area contributed by atoms with Crippen molar-refractivity contribution in [3.05, 3.63) is 113 Å². The summed E-state index contributed by atoms with van der Waals surface area (Å²) in [5, 5.41) is 5.46. The Bertz CT molecular complexity index is 1560. The molecule has 41 heavy (non-hydrogen) atoms. The van der Waals surface area contributed by atoms with E-state index >= 15 is 0 Å². The quantitative estimate of drug-likeness (QED) is 0.255. The molecule has 0 saturated heterocycles. The maximum atomic E-state index is 13.3. The van der Waals surface area contributed by atoms with Gasteiger partial charge in [0.15, 0.2) is 0 Å². The fourth-order valence-electron chi connectivity index (χ4n) is 4.42. The third-order valence-corrected chi connectivity index (χ3v) is 7.95. The zero-order valence-electron chi connectivity index (χ0n) is 22.1. The zero-order valence-corrected chi connectivity index (χ0v) is 22.9. The molecule has 2 atom stereocenters. The van der Waals surface area contributed by atoms with E-state index in [0.717, 1.165) is 17.2 Å². The number of carbonyl (C=O) groups is 4. The first-order valence-corrected chi connectivity index (χ1v) is 14.4. The number of primary amides is 1. The molecule has 5 N–H and O–H groups in total. The second-order valence-corrected chi connectivity index (χ2v) is 11.3. The molecule has 3 aromatic carbocycles. The van der Waals surface area contributed by atoms with Gasteiger partial charge in [0.1, 0.15) is 17.0 Å². The number of rotatable bonds is 12.